The lowest BCUT2D eigenvalue weighted by molar-refractivity contribution is 0.0694. The van der Waals surface area contributed by atoms with Crippen molar-refractivity contribution in [2.75, 3.05) is 0 Å². The van der Waals surface area contributed by atoms with Crippen molar-refractivity contribution in [3.05, 3.63) is 51.2 Å². The largest absolute Gasteiger partial charge is 0.477 e. The summed E-state index contributed by atoms with van der Waals surface area (Å²) in [6.07, 6.45) is 2.48. The van der Waals surface area contributed by atoms with E-state index in [1.165, 1.54) is 12.1 Å². The predicted molar refractivity (Wildman–Crippen MR) is 76.6 cm³/mol. The van der Waals surface area contributed by atoms with Gasteiger partial charge in [-0.15, -0.1) is 12.4 Å². The van der Waals surface area contributed by atoms with Crippen molar-refractivity contribution < 1.29 is 14.3 Å². The third-order valence-electron chi connectivity index (χ3n) is 3.04. The maximum Gasteiger partial charge on any atom is 0.341 e. The van der Waals surface area contributed by atoms with Gasteiger partial charge < -0.3 is 5.11 Å². The van der Waals surface area contributed by atoms with Crippen LogP contribution in [0.15, 0.2) is 23.1 Å². The first-order chi connectivity index (χ1) is 8.95. The molecule has 0 saturated carbocycles. The van der Waals surface area contributed by atoms with Gasteiger partial charge in [0.25, 0.3) is 5.56 Å². The number of hydrogen-bond donors (Lipinski definition) is 1. The molecule has 0 aliphatic carbocycles. The SMILES string of the molecule is CCCc1cc(C(=O)O)c(=O)n2cc(F)cc(C)c12.Cl. The van der Waals surface area contributed by atoms with E-state index in [1.807, 2.05) is 6.92 Å². The second kappa shape index (κ2) is 6.05. The second-order valence-electron chi connectivity index (χ2n) is 4.50. The highest BCUT2D eigenvalue weighted by Gasteiger charge is 2.16. The van der Waals surface area contributed by atoms with E-state index in [0.29, 0.717) is 17.5 Å². The fourth-order valence-electron chi connectivity index (χ4n) is 2.31. The number of carbonyl (C=O) groups is 1. The first-order valence-electron chi connectivity index (χ1n) is 6.03. The lowest BCUT2D eigenvalue weighted by atomic mass is 10.0. The first-order valence-corrected chi connectivity index (χ1v) is 6.03. The van der Waals surface area contributed by atoms with Crippen LogP contribution in [0.5, 0.6) is 0 Å². The fourth-order valence-corrected chi connectivity index (χ4v) is 2.31. The Bertz CT molecular complexity index is 724. The van der Waals surface area contributed by atoms with Crippen LogP contribution in [-0.2, 0) is 6.42 Å². The van der Waals surface area contributed by atoms with E-state index in [-0.39, 0.29) is 18.0 Å². The van der Waals surface area contributed by atoms with Crippen LogP contribution in [0.3, 0.4) is 0 Å². The Morgan fingerprint density at radius 2 is 2.05 bits per heavy atom. The molecule has 0 unspecified atom stereocenters. The predicted octanol–water partition coefficient (Wildman–Crippen LogP) is 2.82. The molecule has 0 fully saturated rings. The van der Waals surface area contributed by atoms with E-state index in [0.717, 1.165) is 22.6 Å². The molecule has 0 aliphatic heterocycles. The molecule has 0 atom stereocenters. The maximum absolute atomic E-state index is 13.4. The molecule has 0 spiro atoms. The third kappa shape index (κ3) is 2.67. The summed E-state index contributed by atoms with van der Waals surface area (Å²) in [5.74, 6) is -1.85. The van der Waals surface area contributed by atoms with Crippen molar-refractivity contribution in [1.29, 1.82) is 0 Å². The molecule has 2 aromatic rings. The number of halogens is 2. The summed E-state index contributed by atoms with van der Waals surface area (Å²) in [4.78, 5) is 23.1. The number of pyridine rings is 2. The summed E-state index contributed by atoms with van der Waals surface area (Å²) in [7, 11) is 0. The molecule has 2 rings (SSSR count). The van der Waals surface area contributed by atoms with Crippen molar-refractivity contribution in [3.8, 4) is 0 Å². The van der Waals surface area contributed by atoms with Gasteiger partial charge in [-0.3, -0.25) is 9.20 Å². The minimum atomic E-state index is -1.29. The molecule has 0 bridgehead atoms. The van der Waals surface area contributed by atoms with E-state index in [1.54, 1.807) is 6.92 Å². The highest BCUT2D eigenvalue weighted by atomic mass is 35.5. The normalized spacial score (nSPS) is 10.3. The van der Waals surface area contributed by atoms with Crippen molar-refractivity contribution in [2.45, 2.75) is 26.7 Å². The van der Waals surface area contributed by atoms with Crippen LogP contribution in [0.1, 0.15) is 34.8 Å². The molecule has 20 heavy (non-hydrogen) atoms. The molecule has 1 N–H and O–H groups in total. The van der Waals surface area contributed by atoms with E-state index in [9.17, 15) is 14.0 Å². The summed E-state index contributed by atoms with van der Waals surface area (Å²) < 4.78 is 14.5. The van der Waals surface area contributed by atoms with Gasteiger partial charge in [0, 0.05) is 6.20 Å². The Labute approximate surface area is 121 Å². The van der Waals surface area contributed by atoms with E-state index < -0.39 is 17.3 Å². The molecule has 0 aliphatic rings. The van der Waals surface area contributed by atoms with Gasteiger partial charge in [-0.25, -0.2) is 9.18 Å². The van der Waals surface area contributed by atoms with E-state index in [4.69, 9.17) is 5.11 Å². The standard InChI is InChI=1S/C14H14FNO3.ClH/c1-3-4-9-6-11(14(18)19)13(17)16-7-10(15)5-8(2)12(9)16;/h5-7H,3-4H2,1-2H3,(H,18,19);1H. The molecule has 0 amide bonds. The number of aromatic carboxylic acids is 1. The number of carboxylic acid groups (broad SMARTS) is 1. The molecule has 108 valence electrons. The number of carboxylic acids is 1. The summed E-state index contributed by atoms with van der Waals surface area (Å²) in [6.45, 7) is 3.67. The topological polar surface area (TPSA) is 58.8 Å². The highest BCUT2D eigenvalue weighted by Crippen LogP contribution is 2.18. The zero-order valence-corrected chi connectivity index (χ0v) is 12.0. The van der Waals surface area contributed by atoms with Gasteiger partial charge >= 0.3 is 5.97 Å². The Hall–Kier alpha value is -1.88. The van der Waals surface area contributed by atoms with Gasteiger partial charge in [-0.1, -0.05) is 13.3 Å². The van der Waals surface area contributed by atoms with Gasteiger partial charge in [0.2, 0.25) is 0 Å². The molecule has 4 nitrogen and oxygen atoms in total. The van der Waals surface area contributed by atoms with Crippen LogP contribution in [0, 0.1) is 12.7 Å². The van der Waals surface area contributed by atoms with Crippen LogP contribution in [-0.4, -0.2) is 15.5 Å². The van der Waals surface area contributed by atoms with Crippen LogP contribution in [0.4, 0.5) is 4.39 Å². The maximum atomic E-state index is 13.4. The monoisotopic (exact) mass is 299 g/mol. The van der Waals surface area contributed by atoms with Gasteiger partial charge in [0.05, 0.1) is 5.52 Å². The summed E-state index contributed by atoms with van der Waals surface area (Å²) in [5.41, 5.74) is 0.934. The number of nitrogens with zero attached hydrogens (tertiary/aromatic N) is 1. The Kier molecular flexibility index (Phi) is 4.89. The smallest absolute Gasteiger partial charge is 0.341 e. The quantitative estimate of drug-likeness (QED) is 0.948. The number of aromatic nitrogens is 1. The number of hydrogen-bond acceptors (Lipinski definition) is 2. The molecular formula is C14H15ClFNO3. The fraction of sp³-hybridized carbons (Fsp3) is 0.286. The third-order valence-corrected chi connectivity index (χ3v) is 3.04. The average molecular weight is 300 g/mol. The van der Waals surface area contributed by atoms with Crippen LogP contribution in [0.2, 0.25) is 0 Å². The van der Waals surface area contributed by atoms with Gasteiger partial charge in [0.15, 0.2) is 0 Å². The summed E-state index contributed by atoms with van der Waals surface area (Å²) >= 11 is 0. The first kappa shape index (κ1) is 16.2. The van der Waals surface area contributed by atoms with E-state index >= 15 is 0 Å². The lowest BCUT2D eigenvalue weighted by Gasteiger charge is -2.11. The van der Waals surface area contributed by atoms with Crippen LogP contribution in [0.25, 0.3) is 5.52 Å². The number of rotatable bonds is 3. The van der Waals surface area contributed by atoms with Crippen molar-refractivity contribution in [3.63, 3.8) is 0 Å². The lowest BCUT2D eigenvalue weighted by Crippen LogP contribution is -2.23. The van der Waals surface area contributed by atoms with Crippen molar-refractivity contribution in [2.24, 2.45) is 0 Å². The van der Waals surface area contributed by atoms with Crippen LogP contribution >= 0.6 is 12.4 Å². The summed E-state index contributed by atoms with van der Waals surface area (Å²) in [6, 6.07) is 2.74. The van der Waals surface area contributed by atoms with Gasteiger partial charge in [-0.05, 0) is 36.6 Å². The number of aryl methyl sites for hydroxylation is 2. The zero-order chi connectivity index (χ0) is 14.2. The Morgan fingerprint density at radius 1 is 1.40 bits per heavy atom. The Morgan fingerprint density at radius 3 is 2.60 bits per heavy atom. The van der Waals surface area contributed by atoms with Gasteiger partial charge in [0.1, 0.15) is 11.4 Å². The second-order valence-corrected chi connectivity index (χ2v) is 4.50. The molecule has 2 heterocycles. The molecular weight excluding hydrogens is 285 g/mol. The highest BCUT2D eigenvalue weighted by molar-refractivity contribution is 5.88. The zero-order valence-electron chi connectivity index (χ0n) is 11.1. The van der Waals surface area contributed by atoms with Crippen molar-refractivity contribution >= 4 is 23.9 Å². The molecule has 6 heteroatoms. The molecule has 2 aromatic heterocycles. The summed E-state index contributed by atoms with van der Waals surface area (Å²) in [5, 5.41) is 9.05. The minimum absolute atomic E-state index is 0. The average Bonchev–Trinajstić information content (AvgIpc) is 2.32. The van der Waals surface area contributed by atoms with Crippen LogP contribution < -0.4 is 5.56 Å². The van der Waals surface area contributed by atoms with Gasteiger partial charge in [-0.2, -0.15) is 0 Å². The molecule has 0 saturated heterocycles. The minimum Gasteiger partial charge on any atom is -0.477 e. The molecule has 0 radical (unpaired) electrons. The van der Waals surface area contributed by atoms with Crippen molar-refractivity contribution in [1.82, 2.24) is 4.40 Å². The Balaban J connectivity index is 0.00000200. The molecule has 0 aromatic carbocycles. The number of fused-ring (bicyclic) bond motifs is 1. The van der Waals surface area contributed by atoms with E-state index in [2.05, 4.69) is 0 Å².